The second kappa shape index (κ2) is 11.6. The Morgan fingerprint density at radius 3 is 2.05 bits per heavy atom. The third-order valence-electron chi connectivity index (χ3n) is 4.11. The van der Waals surface area contributed by atoms with E-state index in [0.717, 1.165) is 23.7 Å². The fourth-order valence-corrected chi connectivity index (χ4v) is 2.91. The Morgan fingerprint density at radius 1 is 0.895 bits per heavy atom. The first-order valence-electron chi connectivity index (χ1n) is 8.67. The number of hydrogen-bond donors (Lipinski definition) is 0. The van der Waals surface area contributed by atoms with Crippen molar-refractivity contribution in [3.8, 4) is 0 Å². The lowest BCUT2D eigenvalue weighted by Gasteiger charge is -2.26. The zero-order valence-corrected chi connectivity index (χ0v) is 14.4. The number of unbranched alkanes of at least 4 members (excludes halogenated alkanes) is 2. The van der Waals surface area contributed by atoms with Crippen LogP contribution in [0.1, 0.15) is 86.5 Å². The summed E-state index contributed by atoms with van der Waals surface area (Å²) in [5, 5.41) is 0. The quantitative estimate of drug-likeness (QED) is 0.283. The van der Waals surface area contributed by atoms with Crippen LogP contribution in [0.2, 0.25) is 0 Å². The minimum absolute atomic E-state index is 0.813. The summed E-state index contributed by atoms with van der Waals surface area (Å²) in [5.41, 5.74) is 0. The summed E-state index contributed by atoms with van der Waals surface area (Å²) >= 11 is 0. The van der Waals surface area contributed by atoms with Crippen LogP contribution in [0, 0.1) is 23.7 Å². The highest BCUT2D eigenvalue weighted by atomic mass is 14.2. The first-order chi connectivity index (χ1) is 9.01. The van der Waals surface area contributed by atoms with Gasteiger partial charge in [-0.3, -0.25) is 0 Å². The zero-order chi connectivity index (χ0) is 14.7. The van der Waals surface area contributed by atoms with E-state index in [1.807, 2.05) is 0 Å². The predicted octanol–water partition coefficient (Wildman–Crippen LogP) is 6.86. The van der Waals surface area contributed by atoms with Crippen LogP contribution in [-0.4, -0.2) is 0 Å². The van der Waals surface area contributed by atoms with Crippen LogP contribution in [-0.2, 0) is 0 Å². The standard InChI is InChI=1S/C19H38/c1-7-9-10-11-13-18(12-8-2)15-19(17(5)6)14-16(3)4/h11,13,16-19H,7-10,12,14-15H2,1-6H3. The van der Waals surface area contributed by atoms with Gasteiger partial charge in [-0.05, 0) is 49.4 Å². The number of allylic oxidation sites excluding steroid dienone is 2. The third-order valence-corrected chi connectivity index (χ3v) is 4.11. The Hall–Kier alpha value is -0.260. The second-order valence-electron chi connectivity index (χ2n) is 6.99. The highest BCUT2D eigenvalue weighted by Gasteiger charge is 2.18. The van der Waals surface area contributed by atoms with Crippen molar-refractivity contribution in [3.63, 3.8) is 0 Å². The molecule has 0 radical (unpaired) electrons. The van der Waals surface area contributed by atoms with Crippen molar-refractivity contribution in [1.82, 2.24) is 0 Å². The van der Waals surface area contributed by atoms with Gasteiger partial charge in [-0.1, -0.05) is 73.0 Å². The van der Waals surface area contributed by atoms with Crippen LogP contribution >= 0.6 is 0 Å². The molecule has 0 spiro atoms. The van der Waals surface area contributed by atoms with Crippen LogP contribution in [0.15, 0.2) is 12.2 Å². The van der Waals surface area contributed by atoms with Crippen LogP contribution in [0.5, 0.6) is 0 Å². The van der Waals surface area contributed by atoms with E-state index < -0.39 is 0 Å². The summed E-state index contributed by atoms with van der Waals surface area (Å²) in [4.78, 5) is 0. The van der Waals surface area contributed by atoms with Gasteiger partial charge < -0.3 is 0 Å². The van der Waals surface area contributed by atoms with Crippen molar-refractivity contribution in [2.75, 3.05) is 0 Å². The van der Waals surface area contributed by atoms with E-state index in [4.69, 9.17) is 0 Å². The van der Waals surface area contributed by atoms with Gasteiger partial charge in [-0.25, -0.2) is 0 Å². The van der Waals surface area contributed by atoms with Crippen LogP contribution in [0.4, 0.5) is 0 Å². The minimum Gasteiger partial charge on any atom is -0.0883 e. The summed E-state index contributed by atoms with van der Waals surface area (Å²) in [5.74, 6) is 3.37. The maximum absolute atomic E-state index is 2.52. The minimum atomic E-state index is 0.813. The van der Waals surface area contributed by atoms with E-state index in [2.05, 4.69) is 53.7 Å². The molecule has 0 fully saturated rings. The smallest absolute Gasteiger partial charge is 0.0231 e. The van der Waals surface area contributed by atoms with Gasteiger partial charge in [0.2, 0.25) is 0 Å². The monoisotopic (exact) mass is 266 g/mol. The van der Waals surface area contributed by atoms with Gasteiger partial charge in [0.25, 0.3) is 0 Å². The molecule has 2 atom stereocenters. The largest absolute Gasteiger partial charge is 0.0883 e. The normalized spacial score (nSPS) is 15.6. The Kier molecular flexibility index (Phi) is 11.4. The fourth-order valence-electron chi connectivity index (χ4n) is 2.91. The van der Waals surface area contributed by atoms with Crippen molar-refractivity contribution in [3.05, 3.63) is 12.2 Å². The first-order valence-corrected chi connectivity index (χ1v) is 8.67. The summed E-state index contributed by atoms with van der Waals surface area (Å²) in [6.45, 7) is 14.1. The molecule has 0 aromatic carbocycles. The van der Waals surface area contributed by atoms with Crippen LogP contribution in [0.3, 0.4) is 0 Å². The highest BCUT2D eigenvalue weighted by molar-refractivity contribution is 4.89. The Morgan fingerprint density at radius 2 is 1.58 bits per heavy atom. The van der Waals surface area contributed by atoms with Gasteiger partial charge in [0.15, 0.2) is 0 Å². The van der Waals surface area contributed by atoms with Gasteiger partial charge in [-0.15, -0.1) is 0 Å². The molecule has 19 heavy (non-hydrogen) atoms. The summed E-state index contributed by atoms with van der Waals surface area (Å²) in [7, 11) is 0. The molecule has 0 bridgehead atoms. The Balaban J connectivity index is 4.37. The van der Waals surface area contributed by atoms with Gasteiger partial charge in [0.05, 0.1) is 0 Å². The lowest BCUT2D eigenvalue weighted by Crippen LogP contribution is -2.15. The number of rotatable bonds is 11. The van der Waals surface area contributed by atoms with E-state index in [0.29, 0.717) is 0 Å². The molecule has 0 saturated heterocycles. The Labute approximate surface area is 123 Å². The molecule has 0 nitrogen and oxygen atoms in total. The van der Waals surface area contributed by atoms with Crippen molar-refractivity contribution in [1.29, 1.82) is 0 Å². The zero-order valence-electron chi connectivity index (χ0n) is 14.4. The lowest BCUT2D eigenvalue weighted by molar-refractivity contribution is 0.266. The molecule has 0 N–H and O–H groups in total. The molecule has 114 valence electrons. The number of hydrogen-bond acceptors (Lipinski definition) is 0. The molecular weight excluding hydrogens is 228 g/mol. The predicted molar refractivity (Wildman–Crippen MR) is 89.5 cm³/mol. The third kappa shape index (κ3) is 10.2. The maximum atomic E-state index is 2.52. The van der Waals surface area contributed by atoms with Gasteiger partial charge >= 0.3 is 0 Å². The van der Waals surface area contributed by atoms with Crippen molar-refractivity contribution in [2.24, 2.45) is 23.7 Å². The van der Waals surface area contributed by atoms with E-state index >= 15 is 0 Å². The summed E-state index contributed by atoms with van der Waals surface area (Å²) in [6, 6.07) is 0. The molecular formula is C19H38. The molecule has 2 unspecified atom stereocenters. The summed E-state index contributed by atoms with van der Waals surface area (Å²) in [6.07, 6.45) is 14.4. The molecule has 0 heteroatoms. The SMILES string of the molecule is CCCCC=CC(CCC)CC(CC(C)C)C(C)C. The molecule has 0 heterocycles. The molecule has 0 saturated carbocycles. The topological polar surface area (TPSA) is 0 Å². The first kappa shape index (κ1) is 18.7. The average Bonchev–Trinajstić information content (AvgIpc) is 2.33. The molecule has 0 amide bonds. The fraction of sp³-hybridized carbons (Fsp3) is 0.895. The van der Waals surface area contributed by atoms with E-state index in [1.165, 1.54) is 44.9 Å². The average molecular weight is 267 g/mol. The molecule has 0 aliphatic heterocycles. The molecule has 0 aromatic rings. The van der Waals surface area contributed by atoms with Gasteiger partial charge in [0, 0.05) is 0 Å². The van der Waals surface area contributed by atoms with Gasteiger partial charge in [-0.2, -0.15) is 0 Å². The van der Waals surface area contributed by atoms with E-state index in [-0.39, 0.29) is 0 Å². The van der Waals surface area contributed by atoms with E-state index in [9.17, 15) is 0 Å². The molecule has 0 aliphatic rings. The molecule has 0 rings (SSSR count). The molecule has 0 aliphatic carbocycles. The summed E-state index contributed by atoms with van der Waals surface area (Å²) < 4.78 is 0. The molecule has 0 aromatic heterocycles. The van der Waals surface area contributed by atoms with Crippen molar-refractivity contribution < 1.29 is 0 Å². The Bertz CT molecular complexity index is 212. The van der Waals surface area contributed by atoms with Crippen molar-refractivity contribution in [2.45, 2.75) is 86.5 Å². The lowest BCUT2D eigenvalue weighted by atomic mass is 9.79. The van der Waals surface area contributed by atoms with Crippen LogP contribution in [0.25, 0.3) is 0 Å². The maximum Gasteiger partial charge on any atom is -0.0231 e. The second-order valence-corrected chi connectivity index (χ2v) is 6.99. The highest BCUT2D eigenvalue weighted by Crippen LogP contribution is 2.29. The van der Waals surface area contributed by atoms with Crippen LogP contribution < -0.4 is 0 Å². The van der Waals surface area contributed by atoms with Gasteiger partial charge in [0.1, 0.15) is 0 Å². The van der Waals surface area contributed by atoms with E-state index in [1.54, 1.807) is 0 Å². The van der Waals surface area contributed by atoms with Crippen molar-refractivity contribution >= 4 is 0 Å².